The van der Waals surface area contributed by atoms with Gasteiger partial charge < -0.3 is 11.1 Å². The van der Waals surface area contributed by atoms with Crippen LogP contribution in [-0.2, 0) is 0 Å². The summed E-state index contributed by atoms with van der Waals surface area (Å²) in [5, 5.41) is 3.36. The first-order valence-electron chi connectivity index (χ1n) is 6.15. The number of anilines is 2. The van der Waals surface area contributed by atoms with Gasteiger partial charge in [-0.05, 0) is 17.8 Å². The molecular weight excluding hydrogens is 212 g/mol. The summed E-state index contributed by atoms with van der Waals surface area (Å²) in [5.41, 5.74) is 7.23. The molecule has 1 aromatic heterocycles. The highest BCUT2D eigenvalue weighted by molar-refractivity contribution is 5.56. The number of nitrogen functional groups attached to an aromatic ring is 1. The SMILES string of the molecule is CC(C)c1c(N)ncnc1NCCC(C)(C)C. The van der Waals surface area contributed by atoms with Crippen LogP contribution in [0.3, 0.4) is 0 Å². The van der Waals surface area contributed by atoms with E-state index in [1.165, 1.54) is 6.33 Å². The van der Waals surface area contributed by atoms with Gasteiger partial charge >= 0.3 is 0 Å². The lowest BCUT2D eigenvalue weighted by Crippen LogP contribution is -2.15. The molecule has 0 aromatic carbocycles. The Labute approximate surface area is 104 Å². The minimum atomic E-state index is 0.323. The molecule has 4 nitrogen and oxygen atoms in total. The van der Waals surface area contributed by atoms with Gasteiger partial charge in [-0.3, -0.25) is 0 Å². The first-order valence-corrected chi connectivity index (χ1v) is 6.15. The summed E-state index contributed by atoms with van der Waals surface area (Å²) in [6.45, 7) is 11.8. The number of hydrogen-bond acceptors (Lipinski definition) is 4. The molecule has 0 saturated heterocycles. The Morgan fingerprint density at radius 1 is 1.29 bits per heavy atom. The van der Waals surface area contributed by atoms with Gasteiger partial charge in [0.25, 0.3) is 0 Å². The van der Waals surface area contributed by atoms with Crippen LogP contribution in [-0.4, -0.2) is 16.5 Å². The number of aromatic nitrogens is 2. The monoisotopic (exact) mass is 236 g/mol. The predicted molar refractivity (Wildman–Crippen MR) is 73.1 cm³/mol. The normalized spacial score (nSPS) is 11.9. The second-order valence-corrected chi connectivity index (χ2v) is 5.91. The van der Waals surface area contributed by atoms with Crippen LogP contribution >= 0.6 is 0 Å². The number of nitrogens with one attached hydrogen (secondary N) is 1. The highest BCUT2D eigenvalue weighted by Gasteiger charge is 2.14. The van der Waals surface area contributed by atoms with Crippen molar-refractivity contribution in [3.05, 3.63) is 11.9 Å². The number of nitrogens with two attached hydrogens (primary N) is 1. The predicted octanol–water partition coefficient (Wildman–Crippen LogP) is 3.03. The Kier molecular flexibility index (Phi) is 4.32. The summed E-state index contributed by atoms with van der Waals surface area (Å²) >= 11 is 0. The first-order chi connectivity index (χ1) is 7.81. The Bertz CT molecular complexity index is 366. The van der Waals surface area contributed by atoms with E-state index < -0.39 is 0 Å². The molecule has 96 valence electrons. The minimum absolute atomic E-state index is 0.323. The maximum absolute atomic E-state index is 5.89. The lowest BCUT2D eigenvalue weighted by molar-refractivity contribution is 0.389. The molecule has 0 unspecified atom stereocenters. The van der Waals surface area contributed by atoms with Crippen molar-refractivity contribution >= 4 is 11.6 Å². The largest absolute Gasteiger partial charge is 0.383 e. The average molecular weight is 236 g/mol. The van der Waals surface area contributed by atoms with E-state index in [-0.39, 0.29) is 0 Å². The Morgan fingerprint density at radius 2 is 1.94 bits per heavy atom. The van der Waals surface area contributed by atoms with Crippen LogP contribution < -0.4 is 11.1 Å². The van der Waals surface area contributed by atoms with Crippen LogP contribution in [0.4, 0.5) is 11.6 Å². The molecule has 0 spiro atoms. The summed E-state index contributed by atoms with van der Waals surface area (Å²) in [4.78, 5) is 8.32. The van der Waals surface area contributed by atoms with Crippen molar-refractivity contribution in [3.63, 3.8) is 0 Å². The van der Waals surface area contributed by atoms with E-state index in [0.29, 0.717) is 17.2 Å². The Morgan fingerprint density at radius 3 is 2.47 bits per heavy atom. The molecular formula is C13H24N4. The lowest BCUT2D eigenvalue weighted by atomic mass is 9.92. The Balaban J connectivity index is 2.74. The zero-order chi connectivity index (χ0) is 13.1. The fourth-order valence-corrected chi connectivity index (χ4v) is 1.68. The van der Waals surface area contributed by atoms with Crippen LogP contribution in [0.1, 0.15) is 52.5 Å². The maximum Gasteiger partial charge on any atom is 0.134 e. The molecule has 0 saturated carbocycles. The summed E-state index contributed by atoms with van der Waals surface area (Å²) in [7, 11) is 0. The summed E-state index contributed by atoms with van der Waals surface area (Å²) in [6.07, 6.45) is 2.61. The molecule has 0 aliphatic rings. The zero-order valence-electron chi connectivity index (χ0n) is 11.5. The molecule has 1 rings (SSSR count). The van der Waals surface area contributed by atoms with Crippen LogP contribution in [0.2, 0.25) is 0 Å². The smallest absolute Gasteiger partial charge is 0.134 e. The average Bonchev–Trinajstić information content (AvgIpc) is 2.14. The van der Waals surface area contributed by atoms with E-state index in [1.807, 2.05) is 0 Å². The van der Waals surface area contributed by atoms with Crippen molar-refractivity contribution < 1.29 is 0 Å². The van der Waals surface area contributed by atoms with Crippen molar-refractivity contribution in [1.29, 1.82) is 0 Å². The molecule has 0 fully saturated rings. The molecule has 4 heteroatoms. The minimum Gasteiger partial charge on any atom is -0.383 e. The fourth-order valence-electron chi connectivity index (χ4n) is 1.68. The van der Waals surface area contributed by atoms with Crippen molar-refractivity contribution in [2.45, 2.75) is 47.0 Å². The quantitative estimate of drug-likeness (QED) is 0.843. The third-order valence-corrected chi connectivity index (χ3v) is 2.66. The number of rotatable bonds is 4. The number of hydrogen-bond donors (Lipinski definition) is 2. The summed E-state index contributed by atoms with van der Waals surface area (Å²) in [5.74, 6) is 1.78. The van der Waals surface area contributed by atoms with Crippen molar-refractivity contribution in [2.24, 2.45) is 5.41 Å². The van der Waals surface area contributed by atoms with Crippen LogP contribution in [0.5, 0.6) is 0 Å². The fraction of sp³-hybridized carbons (Fsp3) is 0.692. The maximum atomic E-state index is 5.89. The highest BCUT2D eigenvalue weighted by atomic mass is 15.0. The van der Waals surface area contributed by atoms with Gasteiger partial charge in [0, 0.05) is 12.1 Å². The second kappa shape index (κ2) is 5.34. The zero-order valence-corrected chi connectivity index (χ0v) is 11.5. The standard InChI is InChI=1S/C13H24N4/c1-9(2)10-11(14)16-8-17-12(10)15-7-6-13(3,4)5/h8-9H,6-7H2,1-5H3,(H3,14,15,16,17). The lowest BCUT2D eigenvalue weighted by Gasteiger charge is -2.20. The molecule has 0 bridgehead atoms. The molecule has 0 atom stereocenters. The van der Waals surface area contributed by atoms with Gasteiger partial charge in [-0.1, -0.05) is 34.6 Å². The molecule has 17 heavy (non-hydrogen) atoms. The van der Waals surface area contributed by atoms with Gasteiger partial charge in [-0.25, -0.2) is 9.97 Å². The third-order valence-electron chi connectivity index (χ3n) is 2.66. The van der Waals surface area contributed by atoms with E-state index in [4.69, 9.17) is 5.73 Å². The topological polar surface area (TPSA) is 63.8 Å². The molecule has 0 aliphatic heterocycles. The van der Waals surface area contributed by atoms with Gasteiger partial charge in [-0.2, -0.15) is 0 Å². The summed E-state index contributed by atoms with van der Waals surface area (Å²) in [6, 6.07) is 0. The highest BCUT2D eigenvalue weighted by Crippen LogP contribution is 2.26. The third kappa shape index (κ3) is 4.21. The van der Waals surface area contributed by atoms with E-state index >= 15 is 0 Å². The van der Waals surface area contributed by atoms with Gasteiger partial charge in [0.15, 0.2) is 0 Å². The molecule has 0 aliphatic carbocycles. The van der Waals surface area contributed by atoms with Gasteiger partial charge in [0.2, 0.25) is 0 Å². The van der Waals surface area contributed by atoms with Crippen molar-refractivity contribution in [2.75, 3.05) is 17.6 Å². The summed E-state index contributed by atoms with van der Waals surface area (Å²) < 4.78 is 0. The Hall–Kier alpha value is -1.32. The number of nitrogens with zero attached hydrogens (tertiary/aromatic N) is 2. The van der Waals surface area contributed by atoms with Crippen LogP contribution in [0.15, 0.2) is 6.33 Å². The molecule has 1 heterocycles. The van der Waals surface area contributed by atoms with Gasteiger partial charge in [0.1, 0.15) is 18.0 Å². The van der Waals surface area contributed by atoms with Gasteiger partial charge in [-0.15, -0.1) is 0 Å². The molecule has 0 radical (unpaired) electrons. The van der Waals surface area contributed by atoms with Gasteiger partial charge in [0.05, 0.1) is 0 Å². The van der Waals surface area contributed by atoms with E-state index in [9.17, 15) is 0 Å². The van der Waals surface area contributed by atoms with Crippen LogP contribution in [0, 0.1) is 5.41 Å². The molecule has 3 N–H and O–H groups in total. The molecule has 0 amide bonds. The first kappa shape index (κ1) is 13.7. The second-order valence-electron chi connectivity index (χ2n) is 5.91. The van der Waals surface area contributed by atoms with Crippen LogP contribution in [0.25, 0.3) is 0 Å². The van der Waals surface area contributed by atoms with E-state index in [0.717, 1.165) is 24.3 Å². The molecule has 1 aromatic rings. The van der Waals surface area contributed by atoms with E-state index in [1.54, 1.807) is 0 Å². The van der Waals surface area contributed by atoms with E-state index in [2.05, 4.69) is 49.9 Å². The van der Waals surface area contributed by atoms with Crippen molar-refractivity contribution in [3.8, 4) is 0 Å². The van der Waals surface area contributed by atoms with Crippen molar-refractivity contribution in [1.82, 2.24) is 9.97 Å².